The molecule has 0 bridgehead atoms. The second-order valence-electron chi connectivity index (χ2n) is 4.48. The van der Waals surface area contributed by atoms with E-state index < -0.39 is 0 Å². The topological polar surface area (TPSA) is 61.5 Å². The lowest BCUT2D eigenvalue weighted by atomic mass is 10.1. The van der Waals surface area contributed by atoms with E-state index in [1.807, 2.05) is 29.6 Å². The van der Waals surface area contributed by atoms with E-state index in [9.17, 15) is 4.79 Å². The molecule has 0 saturated carbocycles. The first kappa shape index (κ1) is 11.7. The van der Waals surface area contributed by atoms with Crippen LogP contribution in [-0.2, 0) is 0 Å². The van der Waals surface area contributed by atoms with Gasteiger partial charge in [-0.2, -0.15) is 0 Å². The maximum atomic E-state index is 11.3. The first-order valence-electron chi connectivity index (χ1n) is 5.97. The zero-order valence-electron chi connectivity index (χ0n) is 10.1. The highest BCUT2D eigenvalue weighted by atomic mass is 35.5. The largest absolute Gasteiger partial charge is 0.339 e. The van der Waals surface area contributed by atoms with Gasteiger partial charge in [-0.25, -0.2) is 4.98 Å². The van der Waals surface area contributed by atoms with Crippen LogP contribution in [-0.4, -0.2) is 15.0 Å². The molecule has 3 aromatic heterocycles. The molecular formula is C14H8ClN3OS. The minimum Gasteiger partial charge on any atom is -0.339 e. The van der Waals surface area contributed by atoms with E-state index in [-0.39, 0.29) is 4.87 Å². The van der Waals surface area contributed by atoms with E-state index in [4.69, 9.17) is 11.6 Å². The molecule has 1 aromatic carbocycles. The molecule has 0 saturated heterocycles. The third-order valence-electron chi connectivity index (χ3n) is 3.26. The summed E-state index contributed by atoms with van der Waals surface area (Å²) in [5, 5.41) is 4.37. The number of fused-ring (bicyclic) bond motifs is 3. The minimum absolute atomic E-state index is 0.0486. The first-order chi connectivity index (χ1) is 9.70. The Labute approximate surface area is 122 Å². The number of nitrogens with zero attached hydrogens (tertiary/aromatic N) is 1. The quantitative estimate of drug-likeness (QED) is 0.525. The second kappa shape index (κ2) is 4.19. The van der Waals surface area contributed by atoms with Crippen LogP contribution >= 0.6 is 22.9 Å². The number of halogens is 1. The molecule has 4 rings (SSSR count). The molecule has 0 atom stereocenters. The van der Waals surface area contributed by atoms with Gasteiger partial charge in [0.1, 0.15) is 10.8 Å². The molecule has 4 nitrogen and oxygen atoms in total. The number of aromatic amines is 2. The summed E-state index contributed by atoms with van der Waals surface area (Å²) in [5.41, 5.74) is 3.57. The average Bonchev–Trinajstić information content (AvgIpc) is 3.00. The highest BCUT2D eigenvalue weighted by Crippen LogP contribution is 2.29. The second-order valence-corrected chi connectivity index (χ2v) is 5.71. The van der Waals surface area contributed by atoms with E-state index in [0.29, 0.717) is 5.15 Å². The molecule has 4 aromatic rings. The molecule has 0 fully saturated rings. The molecule has 6 heteroatoms. The Bertz CT molecular complexity index is 998. The minimum atomic E-state index is -0.0486. The van der Waals surface area contributed by atoms with Crippen LogP contribution in [0, 0.1) is 0 Å². The van der Waals surface area contributed by atoms with Crippen LogP contribution in [0.4, 0.5) is 0 Å². The third-order valence-corrected chi connectivity index (χ3v) is 4.14. The molecule has 2 N–H and O–H groups in total. The van der Waals surface area contributed by atoms with Crippen molar-refractivity contribution in [1.82, 2.24) is 15.0 Å². The van der Waals surface area contributed by atoms with Gasteiger partial charge in [0.2, 0.25) is 0 Å². The number of rotatable bonds is 1. The molecule has 0 amide bonds. The van der Waals surface area contributed by atoms with Crippen LogP contribution in [0.25, 0.3) is 33.2 Å². The average molecular weight is 302 g/mol. The molecule has 0 radical (unpaired) electrons. The van der Waals surface area contributed by atoms with E-state index in [2.05, 4.69) is 15.0 Å². The number of H-pyrrole nitrogens is 2. The summed E-state index contributed by atoms with van der Waals surface area (Å²) in [6.45, 7) is 0. The normalized spacial score (nSPS) is 11.4. The molecule has 3 heterocycles. The lowest BCUT2D eigenvalue weighted by molar-refractivity contribution is 1.34. The molecule has 0 unspecified atom stereocenters. The number of hydrogen-bond donors (Lipinski definition) is 2. The van der Waals surface area contributed by atoms with Crippen LogP contribution in [0.5, 0.6) is 0 Å². The van der Waals surface area contributed by atoms with Crippen molar-refractivity contribution in [3.63, 3.8) is 0 Å². The van der Waals surface area contributed by atoms with Gasteiger partial charge in [-0.15, -0.1) is 0 Å². The molecule has 0 aliphatic heterocycles. The molecular weight excluding hydrogens is 294 g/mol. The van der Waals surface area contributed by atoms with Gasteiger partial charge in [0.15, 0.2) is 0 Å². The highest BCUT2D eigenvalue weighted by molar-refractivity contribution is 7.07. The Hall–Kier alpha value is -2.11. The van der Waals surface area contributed by atoms with E-state index in [0.717, 1.165) is 44.5 Å². The number of hydrogen-bond acceptors (Lipinski definition) is 3. The zero-order chi connectivity index (χ0) is 13.7. The van der Waals surface area contributed by atoms with Crippen LogP contribution < -0.4 is 4.87 Å². The summed E-state index contributed by atoms with van der Waals surface area (Å²) in [5.74, 6) is 0. The predicted octanol–water partition coefficient (Wildman–Crippen LogP) is 3.79. The van der Waals surface area contributed by atoms with Gasteiger partial charge in [0, 0.05) is 21.7 Å². The number of pyridine rings is 1. The number of nitrogens with one attached hydrogen (secondary N) is 2. The molecule has 20 heavy (non-hydrogen) atoms. The van der Waals surface area contributed by atoms with Crippen LogP contribution in [0.15, 0.2) is 40.5 Å². The fourth-order valence-electron chi connectivity index (χ4n) is 2.34. The van der Waals surface area contributed by atoms with Gasteiger partial charge < -0.3 is 9.97 Å². The van der Waals surface area contributed by atoms with Gasteiger partial charge in [-0.05, 0) is 29.8 Å². The summed E-state index contributed by atoms with van der Waals surface area (Å²) < 4.78 is 0. The number of benzene rings is 1. The highest BCUT2D eigenvalue weighted by Gasteiger charge is 2.08. The van der Waals surface area contributed by atoms with Crippen molar-refractivity contribution < 1.29 is 0 Å². The number of thiazole rings is 1. The fraction of sp³-hybridized carbons (Fsp3) is 0. The van der Waals surface area contributed by atoms with Gasteiger partial charge in [0.25, 0.3) is 0 Å². The number of aromatic nitrogens is 3. The van der Waals surface area contributed by atoms with Crippen molar-refractivity contribution in [3.8, 4) is 11.3 Å². The zero-order valence-corrected chi connectivity index (χ0v) is 11.7. The maximum absolute atomic E-state index is 11.3. The fourth-order valence-corrected chi connectivity index (χ4v) is 3.08. The van der Waals surface area contributed by atoms with Crippen LogP contribution in [0.1, 0.15) is 0 Å². The Kier molecular flexibility index (Phi) is 2.45. The van der Waals surface area contributed by atoms with Crippen molar-refractivity contribution >= 4 is 44.9 Å². The van der Waals surface area contributed by atoms with Crippen molar-refractivity contribution in [2.75, 3.05) is 0 Å². The molecule has 0 aliphatic carbocycles. The lowest BCUT2D eigenvalue weighted by Crippen LogP contribution is -1.92. The van der Waals surface area contributed by atoms with Gasteiger partial charge in [0.05, 0.1) is 5.69 Å². The summed E-state index contributed by atoms with van der Waals surface area (Å²) >= 11 is 7.07. The standard InChI is InChI=1S/C14H8ClN3OS/c15-12-4-2-8-9-5-7(11-6-20-14(19)17-11)1-3-10(9)16-13(8)18-12/h1-6H,(H,16,18)(H,17,19). The molecule has 0 aliphatic rings. The first-order valence-corrected chi connectivity index (χ1v) is 7.23. The molecule has 98 valence electrons. The van der Waals surface area contributed by atoms with Crippen molar-refractivity contribution in [3.05, 3.63) is 50.5 Å². The van der Waals surface area contributed by atoms with Gasteiger partial charge >= 0.3 is 4.87 Å². The van der Waals surface area contributed by atoms with Crippen LogP contribution in [0.3, 0.4) is 0 Å². The van der Waals surface area contributed by atoms with E-state index in [1.165, 1.54) is 0 Å². The SMILES string of the molecule is O=c1[nH]c(-c2ccc3[nH]c4nc(Cl)ccc4c3c2)cs1. The Morgan fingerprint density at radius 3 is 2.80 bits per heavy atom. The Morgan fingerprint density at radius 1 is 1.10 bits per heavy atom. The molecule has 0 spiro atoms. The predicted molar refractivity (Wildman–Crippen MR) is 82.5 cm³/mol. The summed E-state index contributed by atoms with van der Waals surface area (Å²) in [6, 6.07) is 9.72. The monoisotopic (exact) mass is 301 g/mol. The summed E-state index contributed by atoms with van der Waals surface area (Å²) in [4.78, 5) is 21.5. The Morgan fingerprint density at radius 2 is 2.00 bits per heavy atom. The van der Waals surface area contributed by atoms with Gasteiger partial charge in [-0.1, -0.05) is 29.0 Å². The van der Waals surface area contributed by atoms with Crippen LogP contribution in [0.2, 0.25) is 5.15 Å². The van der Waals surface area contributed by atoms with E-state index >= 15 is 0 Å². The smallest absolute Gasteiger partial charge is 0.304 e. The van der Waals surface area contributed by atoms with Crippen molar-refractivity contribution in [2.24, 2.45) is 0 Å². The third kappa shape index (κ3) is 1.75. The van der Waals surface area contributed by atoms with Crippen molar-refractivity contribution in [1.29, 1.82) is 0 Å². The lowest BCUT2D eigenvalue weighted by Gasteiger charge is -1.98. The summed E-state index contributed by atoms with van der Waals surface area (Å²) in [7, 11) is 0. The maximum Gasteiger partial charge on any atom is 0.304 e. The summed E-state index contributed by atoms with van der Waals surface area (Å²) in [6.07, 6.45) is 0. The van der Waals surface area contributed by atoms with Crippen molar-refractivity contribution in [2.45, 2.75) is 0 Å². The Balaban J connectivity index is 2.02. The van der Waals surface area contributed by atoms with E-state index in [1.54, 1.807) is 6.07 Å². The van der Waals surface area contributed by atoms with Gasteiger partial charge in [-0.3, -0.25) is 4.79 Å².